The van der Waals surface area contributed by atoms with Crippen molar-refractivity contribution in [3.63, 3.8) is 0 Å². The Balaban J connectivity index is 4.64. The SMILES string of the molecule is CC\C=C/C=C\C=C/C=C\C=C/CCCCCC(=O)OCC(COC(=O)CCCCCCC\C=C/C=C\C=C/C=C\C=C/CCC)OC(=O)CCC/C=C\C/C=C\C/C=C\CCCCCCCC. The molecule has 0 aromatic heterocycles. The van der Waals surface area contributed by atoms with Gasteiger partial charge in [-0.1, -0.05) is 243 Å². The van der Waals surface area contributed by atoms with Crippen LogP contribution in [0.4, 0.5) is 0 Å². The summed E-state index contributed by atoms with van der Waals surface area (Å²) in [7, 11) is 0. The Morgan fingerprint density at radius 3 is 1.15 bits per heavy atom. The van der Waals surface area contributed by atoms with Gasteiger partial charge < -0.3 is 14.2 Å². The lowest BCUT2D eigenvalue weighted by molar-refractivity contribution is -0.167. The molecule has 0 aliphatic rings. The number of allylic oxidation sites excluding steroid dienone is 26. The van der Waals surface area contributed by atoms with Crippen molar-refractivity contribution in [3.8, 4) is 0 Å². The van der Waals surface area contributed by atoms with Crippen LogP contribution in [0.2, 0.25) is 0 Å². The van der Waals surface area contributed by atoms with E-state index in [0.29, 0.717) is 19.3 Å². The molecule has 0 rings (SSSR count). The number of hydrogen-bond acceptors (Lipinski definition) is 6. The van der Waals surface area contributed by atoms with Gasteiger partial charge in [-0.2, -0.15) is 0 Å². The summed E-state index contributed by atoms with van der Waals surface area (Å²) in [5.41, 5.74) is 0. The second kappa shape index (κ2) is 54.6. The maximum atomic E-state index is 12.8. The van der Waals surface area contributed by atoms with E-state index in [0.717, 1.165) is 89.9 Å². The molecule has 0 aliphatic heterocycles. The second-order valence-corrected chi connectivity index (χ2v) is 16.9. The zero-order valence-electron chi connectivity index (χ0n) is 43.0. The van der Waals surface area contributed by atoms with Crippen LogP contribution in [0.25, 0.3) is 0 Å². The molecule has 68 heavy (non-hydrogen) atoms. The average molecular weight is 935 g/mol. The highest BCUT2D eigenvalue weighted by molar-refractivity contribution is 5.71. The number of carbonyl (C=O) groups excluding carboxylic acids is 3. The Hall–Kier alpha value is -4.97. The Labute approximate surface area is 416 Å². The summed E-state index contributed by atoms with van der Waals surface area (Å²) in [5.74, 6) is -1.06. The summed E-state index contributed by atoms with van der Waals surface area (Å²) in [5, 5.41) is 0. The van der Waals surface area contributed by atoms with E-state index in [2.05, 4.69) is 93.7 Å². The lowest BCUT2D eigenvalue weighted by Crippen LogP contribution is -2.30. The molecule has 0 bridgehead atoms. The zero-order chi connectivity index (χ0) is 49.3. The van der Waals surface area contributed by atoms with Crippen LogP contribution >= 0.6 is 0 Å². The monoisotopic (exact) mass is 935 g/mol. The van der Waals surface area contributed by atoms with Gasteiger partial charge in [0.1, 0.15) is 13.2 Å². The van der Waals surface area contributed by atoms with E-state index in [9.17, 15) is 14.4 Å². The van der Waals surface area contributed by atoms with Crippen molar-refractivity contribution < 1.29 is 28.6 Å². The quantitative estimate of drug-likeness (QED) is 0.0199. The first-order valence-corrected chi connectivity index (χ1v) is 26.6. The van der Waals surface area contributed by atoms with Crippen LogP contribution in [0.5, 0.6) is 0 Å². The van der Waals surface area contributed by atoms with Crippen LogP contribution in [-0.4, -0.2) is 37.2 Å². The lowest BCUT2D eigenvalue weighted by Gasteiger charge is -2.18. The van der Waals surface area contributed by atoms with Gasteiger partial charge in [-0.05, 0) is 89.9 Å². The zero-order valence-corrected chi connectivity index (χ0v) is 43.0. The van der Waals surface area contributed by atoms with Crippen LogP contribution in [0.15, 0.2) is 158 Å². The molecule has 0 amide bonds. The predicted molar refractivity (Wildman–Crippen MR) is 292 cm³/mol. The van der Waals surface area contributed by atoms with E-state index < -0.39 is 6.10 Å². The first-order valence-electron chi connectivity index (χ1n) is 26.6. The Morgan fingerprint density at radius 1 is 0.324 bits per heavy atom. The second-order valence-electron chi connectivity index (χ2n) is 16.9. The molecule has 378 valence electrons. The minimum atomic E-state index is -0.841. The number of ether oxygens (including phenoxy) is 3. The van der Waals surface area contributed by atoms with Crippen LogP contribution in [0.1, 0.15) is 194 Å². The molecule has 0 aromatic carbocycles. The van der Waals surface area contributed by atoms with Crippen LogP contribution in [-0.2, 0) is 28.6 Å². The molecule has 0 radical (unpaired) electrons. The van der Waals surface area contributed by atoms with Gasteiger partial charge in [-0.15, -0.1) is 0 Å². The Morgan fingerprint density at radius 2 is 0.676 bits per heavy atom. The minimum Gasteiger partial charge on any atom is -0.462 e. The average Bonchev–Trinajstić information content (AvgIpc) is 3.34. The number of carbonyl (C=O) groups is 3. The maximum Gasteiger partial charge on any atom is 0.306 e. The van der Waals surface area contributed by atoms with Crippen molar-refractivity contribution in [3.05, 3.63) is 158 Å². The van der Waals surface area contributed by atoms with Gasteiger partial charge >= 0.3 is 17.9 Å². The van der Waals surface area contributed by atoms with Crippen molar-refractivity contribution in [1.29, 1.82) is 0 Å². The smallest absolute Gasteiger partial charge is 0.306 e. The standard InChI is InChI=1S/C62H94O6/c1-4-7-10-13-16-19-22-25-28-30-32-34-37-40-43-46-49-52-55-61(64)67-58-59(57-66-60(63)54-51-48-45-42-39-36-33-27-24-21-18-15-12-9-6-3)68-62(65)56-53-50-47-44-41-38-35-31-29-26-23-20-17-14-11-8-5-2/h9-10,12-13,15-16,18-19,21-22,24-30,32-36,38-39,44,47,59H,4-8,11,14,17,20,23,31,37,40-43,45-46,48-58H2,1-3H3/b12-9-,13-10-,18-15-,19-16-,24-21-,25-22-,29-26-,30-28-,33-27-,34-32-,38-35-,39-36-,47-44-. The first kappa shape index (κ1) is 63.0. The third-order valence-corrected chi connectivity index (χ3v) is 10.5. The molecule has 0 N–H and O–H groups in total. The number of esters is 3. The van der Waals surface area contributed by atoms with Crippen molar-refractivity contribution in [2.45, 2.75) is 200 Å². The molecule has 0 saturated heterocycles. The summed E-state index contributed by atoms with van der Waals surface area (Å²) < 4.78 is 16.7. The Bertz CT molecular complexity index is 1590. The van der Waals surface area contributed by atoms with Crippen molar-refractivity contribution in [2.75, 3.05) is 13.2 Å². The molecular weight excluding hydrogens is 841 g/mol. The third kappa shape index (κ3) is 52.0. The predicted octanol–water partition coefficient (Wildman–Crippen LogP) is 17.8. The maximum absolute atomic E-state index is 12.8. The summed E-state index contributed by atoms with van der Waals surface area (Å²) in [6, 6.07) is 0. The number of rotatable bonds is 45. The van der Waals surface area contributed by atoms with Crippen LogP contribution in [0, 0.1) is 0 Å². The fraction of sp³-hybridized carbons (Fsp3) is 0.532. The summed E-state index contributed by atoms with van der Waals surface area (Å²) in [6.45, 7) is 6.27. The molecule has 1 atom stereocenters. The van der Waals surface area contributed by atoms with E-state index in [1.807, 2.05) is 85.1 Å². The summed E-state index contributed by atoms with van der Waals surface area (Å²) >= 11 is 0. The number of hydrogen-bond donors (Lipinski definition) is 0. The fourth-order valence-corrected chi connectivity index (χ4v) is 6.51. The highest BCUT2D eigenvalue weighted by atomic mass is 16.6. The molecule has 6 nitrogen and oxygen atoms in total. The van der Waals surface area contributed by atoms with Crippen molar-refractivity contribution >= 4 is 17.9 Å². The topological polar surface area (TPSA) is 78.9 Å². The van der Waals surface area contributed by atoms with Gasteiger partial charge in [0.15, 0.2) is 6.10 Å². The highest BCUT2D eigenvalue weighted by Crippen LogP contribution is 2.12. The highest BCUT2D eigenvalue weighted by Gasteiger charge is 2.19. The molecule has 0 fully saturated rings. The van der Waals surface area contributed by atoms with E-state index in [1.165, 1.54) is 51.4 Å². The molecule has 6 heteroatoms. The van der Waals surface area contributed by atoms with Crippen LogP contribution in [0.3, 0.4) is 0 Å². The van der Waals surface area contributed by atoms with Crippen molar-refractivity contribution in [2.24, 2.45) is 0 Å². The normalized spacial score (nSPS) is 13.4. The molecule has 0 aromatic rings. The van der Waals surface area contributed by atoms with E-state index in [1.54, 1.807) is 0 Å². The van der Waals surface area contributed by atoms with E-state index >= 15 is 0 Å². The lowest BCUT2D eigenvalue weighted by atomic mass is 10.1. The van der Waals surface area contributed by atoms with Crippen LogP contribution < -0.4 is 0 Å². The van der Waals surface area contributed by atoms with Gasteiger partial charge in [-0.25, -0.2) is 0 Å². The minimum absolute atomic E-state index is 0.133. The summed E-state index contributed by atoms with van der Waals surface area (Å²) in [4.78, 5) is 38.0. The molecule has 0 heterocycles. The molecular formula is C62H94O6. The van der Waals surface area contributed by atoms with Gasteiger partial charge in [0.05, 0.1) is 0 Å². The van der Waals surface area contributed by atoms with Gasteiger partial charge in [0.2, 0.25) is 0 Å². The fourth-order valence-electron chi connectivity index (χ4n) is 6.51. The van der Waals surface area contributed by atoms with Gasteiger partial charge in [-0.3, -0.25) is 14.4 Å². The van der Waals surface area contributed by atoms with Crippen molar-refractivity contribution in [1.82, 2.24) is 0 Å². The molecule has 1 unspecified atom stereocenters. The van der Waals surface area contributed by atoms with Gasteiger partial charge in [0.25, 0.3) is 0 Å². The first-order chi connectivity index (χ1) is 33.5. The molecule has 0 aliphatic carbocycles. The summed E-state index contributed by atoms with van der Waals surface area (Å²) in [6.07, 6.45) is 79.4. The van der Waals surface area contributed by atoms with E-state index in [-0.39, 0.29) is 44.0 Å². The van der Waals surface area contributed by atoms with Gasteiger partial charge in [0, 0.05) is 19.3 Å². The molecule has 0 saturated carbocycles. The van der Waals surface area contributed by atoms with E-state index in [4.69, 9.17) is 14.2 Å². The molecule has 0 spiro atoms. The number of unbranched alkanes of at least 4 members (excludes halogenated alkanes) is 16. The third-order valence-electron chi connectivity index (χ3n) is 10.5. The Kier molecular flexibility index (Phi) is 50.6. The largest absolute Gasteiger partial charge is 0.462 e.